The third kappa shape index (κ3) is 3.45. The molecule has 1 atom stereocenters. The van der Waals surface area contributed by atoms with Gasteiger partial charge in [-0.2, -0.15) is 0 Å². The molecule has 0 bridgehead atoms. The van der Waals surface area contributed by atoms with E-state index in [4.69, 9.17) is 0 Å². The zero-order chi connectivity index (χ0) is 23.1. The Morgan fingerprint density at radius 3 is 2.61 bits per heavy atom. The highest BCUT2D eigenvalue weighted by Crippen LogP contribution is 2.40. The SMILES string of the molecule is Cc1nc2ccccn2c1/C(O)=C1\C(=O)C(=O)N(Cc2cccnc2)C1c1ccc(F)cc1. The van der Waals surface area contributed by atoms with Gasteiger partial charge in [-0.1, -0.05) is 24.3 Å². The molecule has 1 fully saturated rings. The van der Waals surface area contributed by atoms with Crippen LogP contribution in [0.2, 0.25) is 0 Å². The molecule has 1 aliphatic rings. The minimum Gasteiger partial charge on any atom is -0.505 e. The monoisotopic (exact) mass is 442 g/mol. The number of hydrogen-bond donors (Lipinski definition) is 1. The van der Waals surface area contributed by atoms with Crippen molar-refractivity contribution in [2.24, 2.45) is 0 Å². The second kappa shape index (κ2) is 7.98. The first kappa shape index (κ1) is 20.6. The van der Waals surface area contributed by atoms with Crippen LogP contribution in [0.25, 0.3) is 11.4 Å². The number of likely N-dealkylation sites (tertiary alicyclic amines) is 1. The molecule has 0 spiro atoms. The van der Waals surface area contributed by atoms with Crippen molar-refractivity contribution >= 4 is 23.1 Å². The molecular weight excluding hydrogens is 423 g/mol. The predicted molar refractivity (Wildman–Crippen MR) is 118 cm³/mol. The highest BCUT2D eigenvalue weighted by atomic mass is 19.1. The zero-order valence-electron chi connectivity index (χ0n) is 17.6. The summed E-state index contributed by atoms with van der Waals surface area (Å²) >= 11 is 0. The number of aromatic nitrogens is 3. The van der Waals surface area contributed by atoms with Gasteiger partial charge in [-0.3, -0.25) is 19.0 Å². The van der Waals surface area contributed by atoms with Crippen LogP contribution >= 0.6 is 0 Å². The van der Waals surface area contributed by atoms with Crippen LogP contribution in [0.1, 0.15) is 28.6 Å². The molecule has 5 rings (SSSR count). The molecular formula is C25H19FN4O3. The normalized spacial score (nSPS) is 17.8. The van der Waals surface area contributed by atoms with E-state index in [0.717, 1.165) is 5.56 Å². The van der Waals surface area contributed by atoms with Crippen molar-refractivity contribution in [2.45, 2.75) is 19.5 Å². The molecule has 7 nitrogen and oxygen atoms in total. The molecule has 0 saturated carbocycles. The molecule has 1 aromatic carbocycles. The molecule has 164 valence electrons. The molecule has 1 N–H and O–H groups in total. The number of carbonyl (C=O) groups excluding carboxylic acids is 2. The van der Waals surface area contributed by atoms with Crippen LogP contribution in [0, 0.1) is 12.7 Å². The lowest BCUT2D eigenvalue weighted by Crippen LogP contribution is -2.29. The number of hydrogen-bond acceptors (Lipinski definition) is 5. The van der Waals surface area contributed by atoms with E-state index in [0.29, 0.717) is 22.6 Å². The number of carbonyl (C=O) groups is 2. The maximum absolute atomic E-state index is 13.6. The van der Waals surface area contributed by atoms with E-state index in [-0.39, 0.29) is 17.9 Å². The quantitative estimate of drug-likeness (QED) is 0.295. The van der Waals surface area contributed by atoms with E-state index in [9.17, 15) is 19.1 Å². The Kier molecular flexibility index (Phi) is 4.97. The van der Waals surface area contributed by atoms with Gasteiger partial charge in [0.15, 0.2) is 5.76 Å². The third-order valence-electron chi connectivity index (χ3n) is 5.73. The minimum absolute atomic E-state index is 0.0655. The highest BCUT2D eigenvalue weighted by Gasteiger charge is 2.46. The van der Waals surface area contributed by atoms with Crippen molar-refractivity contribution in [2.75, 3.05) is 0 Å². The Hall–Kier alpha value is -4.33. The van der Waals surface area contributed by atoms with E-state index >= 15 is 0 Å². The maximum atomic E-state index is 13.6. The summed E-state index contributed by atoms with van der Waals surface area (Å²) in [6, 6.07) is 13.6. The van der Waals surface area contributed by atoms with E-state index < -0.39 is 23.5 Å². The van der Waals surface area contributed by atoms with Crippen molar-refractivity contribution in [1.29, 1.82) is 0 Å². The summed E-state index contributed by atoms with van der Waals surface area (Å²) in [7, 11) is 0. The number of aliphatic hydroxyl groups is 1. The first-order chi connectivity index (χ1) is 16.0. The third-order valence-corrected chi connectivity index (χ3v) is 5.73. The molecule has 0 aliphatic carbocycles. The van der Waals surface area contributed by atoms with Gasteiger partial charge < -0.3 is 10.0 Å². The number of halogens is 1. The van der Waals surface area contributed by atoms with Crippen molar-refractivity contribution in [3.8, 4) is 0 Å². The Morgan fingerprint density at radius 1 is 1.09 bits per heavy atom. The van der Waals surface area contributed by atoms with E-state index in [1.54, 1.807) is 54.2 Å². The highest BCUT2D eigenvalue weighted by molar-refractivity contribution is 6.46. The first-order valence-electron chi connectivity index (χ1n) is 10.3. The summed E-state index contributed by atoms with van der Waals surface area (Å²) in [5, 5.41) is 11.4. The van der Waals surface area contributed by atoms with Crippen LogP contribution in [-0.4, -0.2) is 36.1 Å². The molecule has 1 amide bonds. The van der Waals surface area contributed by atoms with E-state index in [2.05, 4.69) is 9.97 Å². The summed E-state index contributed by atoms with van der Waals surface area (Å²) in [6.07, 6.45) is 4.95. The molecule has 3 aromatic heterocycles. The Bertz CT molecular complexity index is 1410. The second-order valence-electron chi connectivity index (χ2n) is 7.81. The number of benzene rings is 1. The van der Waals surface area contributed by atoms with Gasteiger partial charge in [-0.15, -0.1) is 0 Å². The average Bonchev–Trinajstić information content (AvgIpc) is 3.28. The van der Waals surface area contributed by atoms with Gasteiger partial charge in [0, 0.05) is 25.1 Å². The van der Waals surface area contributed by atoms with Crippen LogP contribution in [0.15, 0.2) is 78.8 Å². The number of nitrogens with zero attached hydrogens (tertiary/aromatic N) is 4. The van der Waals surface area contributed by atoms with Crippen molar-refractivity contribution in [1.82, 2.24) is 19.3 Å². The van der Waals surface area contributed by atoms with E-state index in [1.165, 1.54) is 29.2 Å². The smallest absolute Gasteiger partial charge is 0.295 e. The summed E-state index contributed by atoms with van der Waals surface area (Å²) in [6.45, 7) is 1.82. The lowest BCUT2D eigenvalue weighted by Gasteiger charge is -2.25. The fraction of sp³-hybridized carbons (Fsp3) is 0.120. The van der Waals surface area contributed by atoms with Gasteiger partial charge >= 0.3 is 0 Å². The molecule has 8 heteroatoms. The molecule has 33 heavy (non-hydrogen) atoms. The summed E-state index contributed by atoms with van der Waals surface area (Å²) < 4.78 is 15.3. The fourth-order valence-electron chi connectivity index (χ4n) is 4.25. The van der Waals surface area contributed by atoms with Crippen molar-refractivity contribution < 1.29 is 19.1 Å². The van der Waals surface area contributed by atoms with Crippen LogP contribution in [-0.2, 0) is 16.1 Å². The molecule has 1 unspecified atom stereocenters. The predicted octanol–water partition coefficient (Wildman–Crippen LogP) is 3.80. The number of rotatable bonds is 4. The number of aryl methyl sites for hydroxylation is 1. The summed E-state index contributed by atoms with van der Waals surface area (Å²) in [5.41, 5.74) is 2.60. The Labute approximate surface area is 188 Å². The zero-order valence-corrected chi connectivity index (χ0v) is 17.6. The van der Waals surface area contributed by atoms with Crippen LogP contribution < -0.4 is 0 Å². The number of amides is 1. The molecule has 4 heterocycles. The Balaban J connectivity index is 1.72. The topological polar surface area (TPSA) is 87.8 Å². The standard InChI is InChI=1S/C25H19FN4O3/c1-15-21(29-12-3-2-6-19(29)28-15)23(31)20-22(17-7-9-18(26)10-8-17)30(25(33)24(20)32)14-16-5-4-11-27-13-16/h2-13,22,31H,14H2,1H3/b23-20+. The number of fused-ring (bicyclic) bond motifs is 1. The number of pyridine rings is 2. The maximum Gasteiger partial charge on any atom is 0.295 e. The lowest BCUT2D eigenvalue weighted by molar-refractivity contribution is -0.140. The molecule has 4 aromatic rings. The van der Waals surface area contributed by atoms with Crippen LogP contribution in [0.3, 0.4) is 0 Å². The minimum atomic E-state index is -0.903. The number of ketones is 1. The van der Waals surface area contributed by atoms with Gasteiger partial charge in [0.05, 0.1) is 17.3 Å². The summed E-state index contributed by atoms with van der Waals surface area (Å²) in [4.78, 5) is 36.2. The fourth-order valence-corrected chi connectivity index (χ4v) is 4.25. The average molecular weight is 442 g/mol. The molecule has 1 aliphatic heterocycles. The van der Waals surface area contributed by atoms with E-state index in [1.807, 2.05) is 6.07 Å². The van der Waals surface area contributed by atoms with Crippen molar-refractivity contribution in [3.63, 3.8) is 0 Å². The van der Waals surface area contributed by atoms with Crippen molar-refractivity contribution in [3.05, 3.63) is 107 Å². The van der Waals surface area contributed by atoms with Gasteiger partial charge in [0.1, 0.15) is 17.2 Å². The number of Topliss-reactive ketones (excluding diaryl/α,β-unsaturated/α-hetero) is 1. The largest absolute Gasteiger partial charge is 0.505 e. The summed E-state index contributed by atoms with van der Waals surface area (Å²) in [5.74, 6) is -2.33. The second-order valence-corrected chi connectivity index (χ2v) is 7.81. The molecule has 0 radical (unpaired) electrons. The number of aliphatic hydroxyl groups excluding tert-OH is 1. The Morgan fingerprint density at radius 2 is 1.88 bits per heavy atom. The van der Waals surface area contributed by atoms with Gasteiger partial charge in [-0.05, 0) is 48.4 Å². The molecule has 1 saturated heterocycles. The van der Waals surface area contributed by atoms with Crippen LogP contribution in [0.5, 0.6) is 0 Å². The first-order valence-corrected chi connectivity index (χ1v) is 10.3. The van der Waals surface area contributed by atoms with Gasteiger partial charge in [0.2, 0.25) is 0 Å². The van der Waals surface area contributed by atoms with Gasteiger partial charge in [-0.25, -0.2) is 9.37 Å². The van der Waals surface area contributed by atoms with Crippen LogP contribution in [0.4, 0.5) is 4.39 Å². The van der Waals surface area contributed by atoms with Gasteiger partial charge in [0.25, 0.3) is 11.7 Å². The lowest BCUT2D eigenvalue weighted by atomic mass is 9.96. The number of imidazole rings is 1.